The van der Waals surface area contributed by atoms with Gasteiger partial charge in [0.1, 0.15) is 0 Å². The minimum atomic E-state index is -3.37. The van der Waals surface area contributed by atoms with E-state index in [9.17, 15) is 8.42 Å². The maximum absolute atomic E-state index is 12.8. The number of benzene rings is 1. The number of hydrogen-bond acceptors (Lipinski definition) is 3. The highest BCUT2D eigenvalue weighted by molar-refractivity contribution is 7.89. The summed E-state index contributed by atoms with van der Waals surface area (Å²) in [4.78, 5) is 2.83. The Hall–Kier alpha value is -1.17. The summed E-state index contributed by atoms with van der Waals surface area (Å²) >= 11 is 0. The van der Waals surface area contributed by atoms with Crippen LogP contribution in [0.15, 0.2) is 41.3 Å². The minimum Gasteiger partial charge on any atom is -0.286 e. The van der Waals surface area contributed by atoms with Gasteiger partial charge in [-0.3, -0.25) is 4.90 Å². The summed E-state index contributed by atoms with van der Waals surface area (Å²) in [5.41, 5.74) is 1.15. The van der Waals surface area contributed by atoms with Crippen LogP contribution in [-0.4, -0.2) is 48.8 Å². The summed E-state index contributed by atoms with van der Waals surface area (Å²) in [5.74, 6) is 0.342. The van der Waals surface area contributed by atoms with E-state index >= 15 is 0 Å². The predicted molar refractivity (Wildman–Crippen MR) is 81.5 cm³/mol. The van der Waals surface area contributed by atoms with Gasteiger partial charge in [-0.1, -0.05) is 29.8 Å². The summed E-state index contributed by atoms with van der Waals surface area (Å²) < 4.78 is 27.3. The van der Waals surface area contributed by atoms with Crippen LogP contribution in [0.2, 0.25) is 0 Å². The molecule has 0 N–H and O–H groups in total. The lowest BCUT2D eigenvalue weighted by Gasteiger charge is -2.24. The molecule has 3 heterocycles. The first kappa shape index (κ1) is 13.5. The Labute approximate surface area is 126 Å². The van der Waals surface area contributed by atoms with E-state index in [1.807, 2.05) is 19.1 Å². The highest BCUT2D eigenvalue weighted by Crippen LogP contribution is 2.50. The van der Waals surface area contributed by atoms with Gasteiger partial charge in [0.25, 0.3) is 0 Å². The van der Waals surface area contributed by atoms with Crippen molar-refractivity contribution in [3.05, 3.63) is 42.0 Å². The number of nitrogens with zero attached hydrogens (tertiary/aromatic N) is 2. The van der Waals surface area contributed by atoms with Crippen LogP contribution in [0.25, 0.3) is 0 Å². The molecular weight excluding hydrogens is 284 g/mol. The molecule has 1 spiro atoms. The lowest BCUT2D eigenvalue weighted by Crippen LogP contribution is -2.35. The smallest absolute Gasteiger partial charge is 0.243 e. The van der Waals surface area contributed by atoms with Crippen molar-refractivity contribution in [1.82, 2.24) is 9.21 Å². The third-order valence-corrected chi connectivity index (χ3v) is 7.05. The Bertz CT molecular complexity index is 710. The zero-order valence-electron chi connectivity index (χ0n) is 12.4. The van der Waals surface area contributed by atoms with Crippen LogP contribution in [0.1, 0.15) is 12.5 Å². The Morgan fingerprint density at radius 1 is 1.14 bits per heavy atom. The SMILES string of the molecule is Cc1ccc(S(=O)(=O)N2C[C@H]3C=C[C@@H](C)N4C[C@@]34C2)cc1. The first-order valence-electron chi connectivity index (χ1n) is 7.45. The fraction of sp³-hybridized carbons (Fsp3) is 0.500. The van der Waals surface area contributed by atoms with Gasteiger partial charge in [-0.15, -0.1) is 0 Å². The minimum absolute atomic E-state index is 0.0753. The summed E-state index contributed by atoms with van der Waals surface area (Å²) in [5, 5.41) is 0. The Balaban J connectivity index is 1.64. The zero-order valence-corrected chi connectivity index (χ0v) is 13.2. The predicted octanol–water partition coefficient (Wildman–Crippen LogP) is 1.63. The molecule has 0 radical (unpaired) electrons. The van der Waals surface area contributed by atoms with Gasteiger partial charge in [0, 0.05) is 31.6 Å². The molecule has 4 nitrogen and oxygen atoms in total. The van der Waals surface area contributed by atoms with E-state index in [1.165, 1.54) is 0 Å². The molecule has 1 aromatic carbocycles. The van der Waals surface area contributed by atoms with E-state index in [2.05, 4.69) is 24.0 Å². The van der Waals surface area contributed by atoms with Crippen molar-refractivity contribution in [2.75, 3.05) is 19.6 Å². The average molecular weight is 304 g/mol. The van der Waals surface area contributed by atoms with Crippen LogP contribution in [0.3, 0.4) is 0 Å². The quantitative estimate of drug-likeness (QED) is 0.616. The van der Waals surface area contributed by atoms with Crippen LogP contribution in [-0.2, 0) is 10.0 Å². The largest absolute Gasteiger partial charge is 0.286 e. The fourth-order valence-corrected chi connectivity index (χ4v) is 5.37. The van der Waals surface area contributed by atoms with Gasteiger partial charge >= 0.3 is 0 Å². The molecular formula is C16H20N2O2S. The molecule has 2 fully saturated rings. The molecule has 0 aromatic heterocycles. The molecule has 4 rings (SSSR count). The van der Waals surface area contributed by atoms with Crippen molar-refractivity contribution in [1.29, 1.82) is 0 Å². The van der Waals surface area contributed by atoms with E-state index in [-0.39, 0.29) is 5.54 Å². The second-order valence-corrected chi connectivity index (χ2v) is 8.51. The van der Waals surface area contributed by atoms with Gasteiger partial charge in [0.2, 0.25) is 10.0 Å². The van der Waals surface area contributed by atoms with Crippen LogP contribution >= 0.6 is 0 Å². The maximum Gasteiger partial charge on any atom is 0.243 e. The third kappa shape index (κ3) is 1.84. The second-order valence-electron chi connectivity index (χ2n) is 6.57. The summed E-state index contributed by atoms with van der Waals surface area (Å²) in [7, 11) is -3.37. The average Bonchev–Trinajstić information content (AvgIpc) is 3.05. The van der Waals surface area contributed by atoms with Gasteiger partial charge in [0.05, 0.1) is 10.4 Å². The number of sulfonamides is 1. The molecule has 2 saturated heterocycles. The van der Waals surface area contributed by atoms with E-state index in [0.29, 0.717) is 29.9 Å². The van der Waals surface area contributed by atoms with Gasteiger partial charge in [-0.25, -0.2) is 8.42 Å². The van der Waals surface area contributed by atoms with Crippen LogP contribution in [0, 0.1) is 12.8 Å². The molecule has 0 aliphatic carbocycles. The molecule has 3 aliphatic heterocycles. The zero-order chi connectivity index (χ0) is 14.8. The van der Waals surface area contributed by atoms with E-state index in [1.54, 1.807) is 16.4 Å². The van der Waals surface area contributed by atoms with Crippen LogP contribution < -0.4 is 0 Å². The lowest BCUT2D eigenvalue weighted by molar-refractivity contribution is 0.331. The van der Waals surface area contributed by atoms with Crippen molar-refractivity contribution in [3.63, 3.8) is 0 Å². The molecule has 0 amide bonds. The highest BCUT2D eigenvalue weighted by atomic mass is 32.2. The van der Waals surface area contributed by atoms with E-state index in [0.717, 1.165) is 12.1 Å². The molecule has 1 aromatic rings. The van der Waals surface area contributed by atoms with E-state index < -0.39 is 10.0 Å². The third-order valence-electron chi connectivity index (χ3n) is 5.23. The van der Waals surface area contributed by atoms with Crippen molar-refractivity contribution < 1.29 is 8.42 Å². The summed E-state index contributed by atoms with van der Waals surface area (Å²) in [6.45, 7) is 6.40. The molecule has 1 unspecified atom stereocenters. The normalized spacial score (nSPS) is 38.1. The first-order valence-corrected chi connectivity index (χ1v) is 8.89. The number of hydrogen-bond donors (Lipinski definition) is 0. The van der Waals surface area contributed by atoms with Crippen molar-refractivity contribution in [2.45, 2.75) is 30.3 Å². The van der Waals surface area contributed by atoms with Gasteiger partial charge in [-0.05, 0) is 26.0 Å². The Kier molecular flexibility index (Phi) is 2.69. The molecule has 0 saturated carbocycles. The van der Waals surface area contributed by atoms with Gasteiger partial charge in [0.15, 0.2) is 0 Å². The van der Waals surface area contributed by atoms with E-state index in [4.69, 9.17) is 0 Å². The van der Waals surface area contributed by atoms with Gasteiger partial charge < -0.3 is 0 Å². The Morgan fingerprint density at radius 2 is 1.86 bits per heavy atom. The molecule has 112 valence electrons. The van der Waals surface area contributed by atoms with Crippen LogP contribution in [0.5, 0.6) is 0 Å². The van der Waals surface area contributed by atoms with Gasteiger partial charge in [-0.2, -0.15) is 4.31 Å². The summed E-state index contributed by atoms with van der Waals surface area (Å²) in [6.07, 6.45) is 4.43. The molecule has 21 heavy (non-hydrogen) atoms. The first-order chi connectivity index (χ1) is 9.93. The molecule has 5 heteroatoms. The second kappa shape index (κ2) is 4.18. The molecule has 3 aliphatic rings. The highest BCUT2D eigenvalue weighted by Gasteiger charge is 2.64. The van der Waals surface area contributed by atoms with Crippen LogP contribution in [0.4, 0.5) is 0 Å². The van der Waals surface area contributed by atoms with Crippen molar-refractivity contribution in [3.8, 4) is 0 Å². The lowest BCUT2D eigenvalue weighted by atomic mass is 9.92. The monoisotopic (exact) mass is 304 g/mol. The van der Waals surface area contributed by atoms with Crippen molar-refractivity contribution in [2.24, 2.45) is 5.92 Å². The molecule has 0 bridgehead atoms. The topological polar surface area (TPSA) is 40.4 Å². The fourth-order valence-electron chi connectivity index (χ4n) is 3.84. The van der Waals surface area contributed by atoms with Crippen molar-refractivity contribution >= 4 is 10.0 Å². The summed E-state index contributed by atoms with van der Waals surface area (Å²) in [6, 6.07) is 7.59. The Morgan fingerprint density at radius 3 is 2.57 bits per heavy atom. The number of aryl methyl sites for hydroxylation is 1. The maximum atomic E-state index is 12.8. The standard InChI is InChI=1S/C16H20N2O2S/c1-12-3-7-15(8-4-12)21(19,20)17-9-14-6-5-13(2)18-11-16(14,18)10-17/h3-8,13-14H,9-11H2,1-2H3/t13-,14-,16+,18?/m1/s1. The number of rotatable bonds is 2. The molecule has 4 atom stereocenters.